The fourth-order valence-electron chi connectivity index (χ4n) is 5.04. The minimum Gasteiger partial charge on any atom is -0.433 e. The number of alkyl halides is 2. The molecule has 0 bridgehead atoms. The summed E-state index contributed by atoms with van der Waals surface area (Å²) in [6.07, 6.45) is 12.6. The Hall–Kier alpha value is -1.12. The van der Waals surface area contributed by atoms with Crippen molar-refractivity contribution in [3.63, 3.8) is 0 Å². The van der Waals surface area contributed by atoms with Crippen LogP contribution >= 0.6 is 0 Å². The summed E-state index contributed by atoms with van der Waals surface area (Å²) in [4.78, 5) is 0. The van der Waals surface area contributed by atoms with Crippen molar-refractivity contribution < 1.29 is 13.5 Å². The molecular weight excluding hydrogens is 330 g/mol. The molecule has 3 heteroatoms. The van der Waals surface area contributed by atoms with Crippen LogP contribution in [-0.4, -0.2) is 6.11 Å². The zero-order valence-electron chi connectivity index (χ0n) is 16.5. The number of rotatable bonds is 4. The summed E-state index contributed by atoms with van der Waals surface area (Å²) in [5.74, 6) is 2.03. The van der Waals surface area contributed by atoms with Gasteiger partial charge in [-0.25, -0.2) is 0 Å². The van der Waals surface area contributed by atoms with E-state index < -0.39 is 12.0 Å². The van der Waals surface area contributed by atoms with E-state index in [4.69, 9.17) is 4.74 Å². The first-order valence-corrected chi connectivity index (χ1v) is 10.5. The first kappa shape index (κ1) is 19.6. The van der Waals surface area contributed by atoms with Gasteiger partial charge in [-0.3, -0.25) is 0 Å². The van der Waals surface area contributed by atoms with Crippen LogP contribution in [-0.2, 0) is 4.74 Å². The van der Waals surface area contributed by atoms with Crippen LogP contribution in [0.3, 0.4) is 0 Å². The Kier molecular flexibility index (Phi) is 6.25. The number of hydrogen-bond acceptors (Lipinski definition) is 1. The summed E-state index contributed by atoms with van der Waals surface area (Å²) in [6.45, 7) is 6.31. The Balaban J connectivity index is 1.54. The monoisotopic (exact) mass is 364 g/mol. The number of ether oxygens (including phenoxy) is 1. The Morgan fingerprint density at radius 3 is 2.04 bits per heavy atom. The van der Waals surface area contributed by atoms with Gasteiger partial charge in [-0.15, -0.1) is 0 Å². The highest BCUT2D eigenvalue weighted by molar-refractivity contribution is 5.29. The average molecular weight is 365 g/mol. The molecule has 0 aliphatic heterocycles. The third-order valence-electron chi connectivity index (χ3n) is 6.69. The van der Waals surface area contributed by atoms with Gasteiger partial charge in [0.2, 0.25) is 0 Å². The van der Waals surface area contributed by atoms with Gasteiger partial charge < -0.3 is 4.74 Å². The number of allylic oxidation sites excluding steroid dienone is 5. The van der Waals surface area contributed by atoms with Crippen molar-refractivity contribution in [3.8, 4) is 0 Å². The maximum Gasteiger partial charge on any atom is 0.400 e. The second-order valence-corrected chi connectivity index (χ2v) is 8.97. The topological polar surface area (TPSA) is 9.23 Å². The van der Waals surface area contributed by atoms with Crippen molar-refractivity contribution in [1.82, 2.24) is 0 Å². The lowest BCUT2D eigenvalue weighted by atomic mass is 9.69. The van der Waals surface area contributed by atoms with Crippen molar-refractivity contribution in [2.45, 2.75) is 78.2 Å². The molecule has 0 saturated heterocycles. The molecule has 2 fully saturated rings. The van der Waals surface area contributed by atoms with Gasteiger partial charge in [-0.1, -0.05) is 44.4 Å². The van der Waals surface area contributed by atoms with Crippen LogP contribution in [0.2, 0.25) is 0 Å². The van der Waals surface area contributed by atoms with E-state index >= 15 is 0 Å². The third kappa shape index (κ3) is 4.98. The Bertz CT molecular complexity index is 559. The van der Waals surface area contributed by atoms with Gasteiger partial charge in [0, 0.05) is 0 Å². The van der Waals surface area contributed by atoms with Gasteiger partial charge in [0.05, 0.1) is 5.92 Å². The molecule has 3 aliphatic carbocycles. The predicted molar refractivity (Wildman–Crippen MR) is 103 cm³/mol. The summed E-state index contributed by atoms with van der Waals surface area (Å²) >= 11 is 0. The molecule has 1 unspecified atom stereocenters. The van der Waals surface area contributed by atoms with Crippen LogP contribution in [0.25, 0.3) is 0 Å². The molecule has 0 N–H and O–H groups in total. The van der Waals surface area contributed by atoms with Crippen molar-refractivity contribution in [3.05, 3.63) is 35.6 Å². The predicted octanol–water partition coefficient (Wildman–Crippen LogP) is 7.26. The largest absolute Gasteiger partial charge is 0.433 e. The highest BCUT2D eigenvalue weighted by atomic mass is 19.3. The minimum atomic E-state index is -3.07. The molecule has 0 aromatic rings. The molecule has 0 aromatic heterocycles. The SMILES string of the molecule is CC1=CC(C)C=C(OC(F)(F)C2CCC(C3CCC(C)CC3)CC2)C=C1. The Labute approximate surface area is 157 Å². The molecule has 146 valence electrons. The van der Waals surface area contributed by atoms with Gasteiger partial charge in [0.15, 0.2) is 0 Å². The molecule has 3 rings (SSSR count). The Morgan fingerprint density at radius 2 is 1.42 bits per heavy atom. The second-order valence-electron chi connectivity index (χ2n) is 8.97. The molecule has 1 atom stereocenters. The highest BCUT2D eigenvalue weighted by Gasteiger charge is 2.45. The van der Waals surface area contributed by atoms with Crippen LogP contribution in [0.5, 0.6) is 0 Å². The molecular formula is C23H34F2O. The van der Waals surface area contributed by atoms with Crippen LogP contribution < -0.4 is 0 Å². The third-order valence-corrected chi connectivity index (χ3v) is 6.69. The fraction of sp³-hybridized carbons (Fsp3) is 0.739. The fourth-order valence-corrected chi connectivity index (χ4v) is 5.04. The first-order chi connectivity index (χ1) is 12.3. The summed E-state index contributed by atoms with van der Waals surface area (Å²) in [6, 6.07) is 0. The molecule has 1 nitrogen and oxygen atoms in total. The van der Waals surface area contributed by atoms with E-state index in [9.17, 15) is 8.78 Å². The quantitative estimate of drug-likeness (QED) is 0.510. The molecule has 0 heterocycles. The zero-order chi connectivity index (χ0) is 18.7. The van der Waals surface area contributed by atoms with E-state index in [1.807, 2.05) is 19.9 Å². The lowest BCUT2D eigenvalue weighted by Crippen LogP contribution is -2.36. The summed E-state index contributed by atoms with van der Waals surface area (Å²) in [5, 5.41) is 0. The summed E-state index contributed by atoms with van der Waals surface area (Å²) in [7, 11) is 0. The van der Waals surface area contributed by atoms with Gasteiger partial charge in [0.25, 0.3) is 0 Å². The molecule has 0 radical (unpaired) electrons. The lowest BCUT2D eigenvalue weighted by molar-refractivity contribution is -0.254. The van der Waals surface area contributed by atoms with Crippen LogP contribution in [0.4, 0.5) is 8.78 Å². The van der Waals surface area contributed by atoms with Crippen LogP contribution in [0.15, 0.2) is 35.6 Å². The van der Waals surface area contributed by atoms with Gasteiger partial charge in [-0.05, 0) is 81.3 Å². The van der Waals surface area contributed by atoms with E-state index in [-0.39, 0.29) is 5.92 Å². The second kappa shape index (κ2) is 8.27. The van der Waals surface area contributed by atoms with Gasteiger partial charge in [-0.2, -0.15) is 8.78 Å². The van der Waals surface area contributed by atoms with Crippen molar-refractivity contribution >= 4 is 0 Å². The van der Waals surface area contributed by atoms with E-state index in [1.165, 1.54) is 25.7 Å². The molecule has 0 amide bonds. The van der Waals surface area contributed by atoms with E-state index in [0.29, 0.717) is 24.5 Å². The number of hydrogen-bond donors (Lipinski definition) is 0. The minimum absolute atomic E-state index is 0.111. The van der Waals surface area contributed by atoms with Crippen LogP contribution in [0, 0.1) is 29.6 Å². The zero-order valence-corrected chi connectivity index (χ0v) is 16.5. The Morgan fingerprint density at radius 1 is 0.846 bits per heavy atom. The van der Waals surface area contributed by atoms with Crippen molar-refractivity contribution in [1.29, 1.82) is 0 Å². The summed E-state index contributed by atoms with van der Waals surface area (Å²) < 4.78 is 34.7. The van der Waals surface area contributed by atoms with Gasteiger partial charge in [0.1, 0.15) is 5.76 Å². The molecule has 2 saturated carbocycles. The smallest absolute Gasteiger partial charge is 0.400 e. The maximum atomic E-state index is 14.8. The standard InChI is InChI=1S/C23H34F2O/c1-16-4-7-19(8-5-16)20-9-11-21(12-10-20)23(24,25)26-22-13-6-17(2)14-18(3)15-22/h6,13-16,18-21H,4-5,7-12H2,1-3H3. The van der Waals surface area contributed by atoms with Crippen LogP contribution in [0.1, 0.15) is 72.1 Å². The van der Waals surface area contributed by atoms with E-state index in [0.717, 1.165) is 30.3 Å². The molecule has 3 aliphatic rings. The van der Waals surface area contributed by atoms with E-state index in [2.05, 4.69) is 13.0 Å². The van der Waals surface area contributed by atoms with Crippen molar-refractivity contribution in [2.75, 3.05) is 0 Å². The summed E-state index contributed by atoms with van der Waals surface area (Å²) in [5.41, 5.74) is 1.08. The normalized spacial score (nSPS) is 36.1. The lowest BCUT2D eigenvalue weighted by Gasteiger charge is -2.39. The van der Waals surface area contributed by atoms with E-state index in [1.54, 1.807) is 12.2 Å². The highest BCUT2D eigenvalue weighted by Crippen LogP contribution is 2.45. The maximum absolute atomic E-state index is 14.8. The average Bonchev–Trinajstić information content (AvgIpc) is 2.75. The van der Waals surface area contributed by atoms with Crippen molar-refractivity contribution in [2.24, 2.45) is 29.6 Å². The molecule has 26 heavy (non-hydrogen) atoms. The van der Waals surface area contributed by atoms with Gasteiger partial charge >= 0.3 is 6.11 Å². The molecule has 0 aromatic carbocycles. The number of halogens is 2. The molecule has 0 spiro atoms. The first-order valence-electron chi connectivity index (χ1n) is 10.5.